The van der Waals surface area contributed by atoms with Crippen LogP contribution in [-0.4, -0.2) is 28.9 Å². The predicted octanol–water partition coefficient (Wildman–Crippen LogP) is 2.66. The fourth-order valence-corrected chi connectivity index (χ4v) is 3.03. The number of nitrogen functional groups attached to an aromatic ring is 1. The normalized spacial score (nSPS) is 20.0. The first-order valence-electron chi connectivity index (χ1n) is 7.64. The van der Waals surface area contributed by atoms with Gasteiger partial charge in [0.2, 0.25) is 0 Å². The Morgan fingerprint density at radius 3 is 2.81 bits per heavy atom. The number of pyridine rings is 1. The molecule has 5 nitrogen and oxygen atoms in total. The highest BCUT2D eigenvalue weighted by Gasteiger charge is 2.29. The van der Waals surface area contributed by atoms with Crippen LogP contribution in [0.4, 0.5) is 5.82 Å². The van der Waals surface area contributed by atoms with E-state index in [2.05, 4.69) is 31.2 Å². The first-order valence-corrected chi connectivity index (χ1v) is 7.64. The summed E-state index contributed by atoms with van der Waals surface area (Å²) in [4.78, 5) is 18.7. The monoisotopic (exact) mass is 290 g/mol. The van der Waals surface area contributed by atoms with Gasteiger partial charge in [0.25, 0.3) is 5.91 Å². The smallest absolute Gasteiger partial charge is 0.257 e. The van der Waals surface area contributed by atoms with Gasteiger partial charge in [0.1, 0.15) is 0 Å². The summed E-state index contributed by atoms with van der Waals surface area (Å²) in [5.74, 6) is 6.57. The first-order chi connectivity index (χ1) is 9.93. The molecule has 1 aliphatic heterocycles. The molecule has 1 saturated heterocycles. The lowest BCUT2D eigenvalue weighted by Gasteiger charge is -2.29. The Bertz CT molecular complexity index is 495. The fourth-order valence-electron chi connectivity index (χ4n) is 3.03. The van der Waals surface area contributed by atoms with Crippen molar-refractivity contribution in [1.29, 1.82) is 0 Å². The van der Waals surface area contributed by atoms with E-state index < -0.39 is 0 Å². The lowest BCUT2D eigenvalue weighted by molar-refractivity contribution is 0.0756. The van der Waals surface area contributed by atoms with Gasteiger partial charge in [-0.3, -0.25) is 4.79 Å². The zero-order chi connectivity index (χ0) is 15.5. The summed E-state index contributed by atoms with van der Waals surface area (Å²) in [6.45, 7) is 8.47. The third kappa shape index (κ3) is 3.73. The minimum absolute atomic E-state index is 0.0191. The van der Waals surface area contributed by atoms with E-state index in [1.807, 2.05) is 4.90 Å². The Balaban J connectivity index is 2.10. The van der Waals surface area contributed by atoms with Gasteiger partial charge in [-0.1, -0.05) is 20.8 Å². The molecule has 2 rings (SSSR count). The third-order valence-corrected chi connectivity index (χ3v) is 4.41. The molecule has 3 N–H and O–H groups in total. The quantitative estimate of drug-likeness (QED) is 0.649. The third-order valence-electron chi connectivity index (χ3n) is 4.41. The molecule has 0 spiro atoms. The number of hydrazine groups is 1. The summed E-state index contributed by atoms with van der Waals surface area (Å²) in [6, 6.07) is 3.54. The average Bonchev–Trinajstić information content (AvgIpc) is 2.72. The number of amides is 1. The van der Waals surface area contributed by atoms with Crippen LogP contribution in [0.15, 0.2) is 18.3 Å². The van der Waals surface area contributed by atoms with Gasteiger partial charge in [-0.05, 0) is 42.7 Å². The number of anilines is 1. The second-order valence-electron chi connectivity index (χ2n) is 6.83. The van der Waals surface area contributed by atoms with Crippen molar-refractivity contribution in [2.45, 2.75) is 40.0 Å². The molecule has 0 saturated carbocycles. The van der Waals surface area contributed by atoms with E-state index in [1.165, 1.54) is 6.42 Å². The van der Waals surface area contributed by atoms with Crippen molar-refractivity contribution in [2.75, 3.05) is 18.5 Å². The van der Waals surface area contributed by atoms with Gasteiger partial charge >= 0.3 is 0 Å². The number of nitrogens with zero attached hydrogens (tertiary/aromatic N) is 2. The highest BCUT2D eigenvalue weighted by atomic mass is 16.2. The SMILES string of the molecule is CC(C)(C)C1CCCN(C(=O)c2cccnc2NN)CC1. The molecule has 1 atom stereocenters. The molecule has 0 aromatic carbocycles. The van der Waals surface area contributed by atoms with Crippen LogP contribution in [0, 0.1) is 11.3 Å². The molecule has 0 bridgehead atoms. The lowest BCUT2D eigenvalue weighted by atomic mass is 9.77. The van der Waals surface area contributed by atoms with E-state index in [9.17, 15) is 4.79 Å². The van der Waals surface area contributed by atoms with Crippen LogP contribution in [0.1, 0.15) is 50.4 Å². The summed E-state index contributed by atoms with van der Waals surface area (Å²) in [5, 5.41) is 0. The zero-order valence-corrected chi connectivity index (χ0v) is 13.2. The minimum atomic E-state index is 0.0191. The number of carbonyl (C=O) groups is 1. The van der Waals surface area contributed by atoms with Gasteiger partial charge in [0.15, 0.2) is 5.82 Å². The maximum Gasteiger partial charge on any atom is 0.257 e. The topological polar surface area (TPSA) is 71.2 Å². The fraction of sp³-hybridized carbons (Fsp3) is 0.625. The maximum atomic E-state index is 12.7. The van der Waals surface area contributed by atoms with Gasteiger partial charge in [0.05, 0.1) is 5.56 Å². The van der Waals surface area contributed by atoms with Crippen LogP contribution in [0.2, 0.25) is 0 Å². The van der Waals surface area contributed by atoms with Crippen molar-refractivity contribution in [1.82, 2.24) is 9.88 Å². The second kappa shape index (κ2) is 6.43. The molecule has 1 unspecified atom stereocenters. The van der Waals surface area contributed by atoms with E-state index in [0.29, 0.717) is 22.7 Å². The van der Waals surface area contributed by atoms with Crippen LogP contribution < -0.4 is 11.3 Å². The van der Waals surface area contributed by atoms with E-state index in [4.69, 9.17) is 5.84 Å². The number of aromatic nitrogens is 1. The van der Waals surface area contributed by atoms with Gasteiger partial charge in [-0.25, -0.2) is 10.8 Å². The predicted molar refractivity (Wildman–Crippen MR) is 84.7 cm³/mol. The average molecular weight is 290 g/mol. The molecular weight excluding hydrogens is 264 g/mol. The van der Waals surface area contributed by atoms with Crippen molar-refractivity contribution in [3.8, 4) is 0 Å². The zero-order valence-electron chi connectivity index (χ0n) is 13.2. The number of hydrogen-bond acceptors (Lipinski definition) is 4. The van der Waals surface area contributed by atoms with E-state index in [0.717, 1.165) is 25.9 Å². The lowest BCUT2D eigenvalue weighted by Crippen LogP contribution is -2.33. The maximum absolute atomic E-state index is 12.7. The number of hydrogen-bond donors (Lipinski definition) is 2. The Hall–Kier alpha value is -1.62. The summed E-state index contributed by atoms with van der Waals surface area (Å²) >= 11 is 0. The van der Waals surface area contributed by atoms with Crippen molar-refractivity contribution < 1.29 is 4.79 Å². The van der Waals surface area contributed by atoms with Crippen LogP contribution in [0.3, 0.4) is 0 Å². The van der Waals surface area contributed by atoms with Crippen molar-refractivity contribution >= 4 is 11.7 Å². The summed E-state index contributed by atoms with van der Waals surface area (Å²) < 4.78 is 0. The highest BCUT2D eigenvalue weighted by Crippen LogP contribution is 2.34. The van der Waals surface area contributed by atoms with Gasteiger partial charge in [-0.2, -0.15) is 0 Å². The molecule has 21 heavy (non-hydrogen) atoms. The molecule has 5 heteroatoms. The molecule has 1 fully saturated rings. The Morgan fingerprint density at radius 2 is 2.14 bits per heavy atom. The molecule has 1 aliphatic rings. The Labute approximate surface area is 126 Å². The number of carbonyl (C=O) groups excluding carboxylic acids is 1. The summed E-state index contributed by atoms with van der Waals surface area (Å²) in [7, 11) is 0. The van der Waals surface area contributed by atoms with Crippen molar-refractivity contribution in [2.24, 2.45) is 17.2 Å². The molecule has 1 aromatic heterocycles. The summed E-state index contributed by atoms with van der Waals surface area (Å²) in [5.41, 5.74) is 3.36. The minimum Gasteiger partial charge on any atom is -0.339 e. The van der Waals surface area contributed by atoms with Crippen LogP contribution >= 0.6 is 0 Å². The number of likely N-dealkylation sites (tertiary alicyclic amines) is 1. The van der Waals surface area contributed by atoms with Crippen molar-refractivity contribution in [3.05, 3.63) is 23.9 Å². The van der Waals surface area contributed by atoms with E-state index in [-0.39, 0.29) is 5.91 Å². The first kappa shape index (κ1) is 15.8. The van der Waals surface area contributed by atoms with Gasteiger partial charge in [-0.15, -0.1) is 0 Å². The Kier molecular flexibility index (Phi) is 4.83. The molecule has 0 radical (unpaired) electrons. The van der Waals surface area contributed by atoms with Crippen molar-refractivity contribution in [3.63, 3.8) is 0 Å². The molecule has 1 aromatic rings. The van der Waals surface area contributed by atoms with Crippen LogP contribution in [0.5, 0.6) is 0 Å². The molecule has 0 aliphatic carbocycles. The van der Waals surface area contributed by atoms with Crippen LogP contribution in [0.25, 0.3) is 0 Å². The number of rotatable bonds is 2. The molecule has 1 amide bonds. The van der Waals surface area contributed by atoms with Crippen LogP contribution in [-0.2, 0) is 0 Å². The standard InChI is InChI=1S/C16H26N4O/c1-16(2,3)12-6-5-10-20(11-8-12)15(21)13-7-4-9-18-14(13)19-17/h4,7,9,12H,5-6,8,10-11,17H2,1-3H3,(H,18,19). The number of nitrogens with one attached hydrogen (secondary N) is 1. The van der Waals surface area contributed by atoms with Gasteiger partial charge in [0, 0.05) is 19.3 Å². The summed E-state index contributed by atoms with van der Waals surface area (Å²) in [6.07, 6.45) is 4.92. The molecule has 116 valence electrons. The second-order valence-corrected chi connectivity index (χ2v) is 6.83. The molecule has 2 heterocycles. The molecular formula is C16H26N4O. The van der Waals surface area contributed by atoms with Gasteiger partial charge < -0.3 is 10.3 Å². The van der Waals surface area contributed by atoms with E-state index >= 15 is 0 Å². The van der Waals surface area contributed by atoms with E-state index in [1.54, 1.807) is 18.3 Å². The largest absolute Gasteiger partial charge is 0.339 e. The highest BCUT2D eigenvalue weighted by molar-refractivity contribution is 5.98. The Morgan fingerprint density at radius 1 is 1.38 bits per heavy atom. The number of nitrogens with two attached hydrogens (primary N) is 1.